The minimum Gasteiger partial charge on any atom is -0.351 e. The van der Waals surface area contributed by atoms with Crippen LogP contribution < -0.4 is 10.6 Å². The van der Waals surface area contributed by atoms with Crippen LogP contribution in [0.3, 0.4) is 0 Å². The number of carbonyl (C=O) groups is 1. The van der Waals surface area contributed by atoms with Crippen molar-refractivity contribution < 1.29 is 4.79 Å². The van der Waals surface area contributed by atoms with Crippen molar-refractivity contribution in [1.82, 2.24) is 15.6 Å². The van der Waals surface area contributed by atoms with Gasteiger partial charge >= 0.3 is 0 Å². The minimum atomic E-state index is -0.238. The molecule has 1 unspecified atom stereocenters. The first kappa shape index (κ1) is 13.5. The van der Waals surface area contributed by atoms with Crippen molar-refractivity contribution in [3.05, 3.63) is 16.1 Å². The van der Waals surface area contributed by atoms with Crippen LogP contribution in [0.25, 0.3) is 0 Å². The lowest BCUT2D eigenvalue weighted by molar-refractivity contribution is -0.132. The first-order valence-corrected chi connectivity index (χ1v) is 7.32. The summed E-state index contributed by atoms with van der Waals surface area (Å²) in [6.07, 6.45) is 0.929. The van der Waals surface area contributed by atoms with Gasteiger partial charge in [-0.05, 0) is 25.8 Å². The third-order valence-electron chi connectivity index (χ3n) is 4.00. The molecule has 5 heteroatoms. The smallest absolute Gasteiger partial charge is 0.228 e. The van der Waals surface area contributed by atoms with E-state index in [1.807, 2.05) is 12.4 Å². The third-order valence-corrected chi connectivity index (χ3v) is 4.94. The average molecular weight is 267 g/mol. The monoisotopic (exact) mass is 267 g/mol. The quantitative estimate of drug-likeness (QED) is 0.873. The maximum absolute atomic E-state index is 12.4. The van der Waals surface area contributed by atoms with Crippen LogP contribution in [0.1, 0.15) is 30.8 Å². The number of nitrogens with zero attached hydrogens (tertiary/aromatic N) is 1. The SMILES string of the molecule is Cc1ncsc1CNC(=O)C1(C(C)C)CCNC1. The Morgan fingerprint density at radius 1 is 1.67 bits per heavy atom. The molecule has 2 heterocycles. The Hall–Kier alpha value is -0.940. The van der Waals surface area contributed by atoms with Gasteiger partial charge in [0.25, 0.3) is 0 Å². The number of hydrogen-bond donors (Lipinski definition) is 2. The van der Waals surface area contributed by atoms with Gasteiger partial charge < -0.3 is 10.6 Å². The Kier molecular flexibility index (Phi) is 4.02. The summed E-state index contributed by atoms with van der Waals surface area (Å²) < 4.78 is 0. The molecule has 1 amide bonds. The Labute approximate surface area is 112 Å². The second-order valence-corrected chi connectivity index (χ2v) is 6.22. The molecule has 0 spiro atoms. The van der Waals surface area contributed by atoms with Crippen molar-refractivity contribution in [2.45, 2.75) is 33.7 Å². The zero-order chi connectivity index (χ0) is 13.2. The molecule has 0 aromatic carbocycles. The van der Waals surface area contributed by atoms with E-state index in [2.05, 4.69) is 29.5 Å². The average Bonchev–Trinajstić information content (AvgIpc) is 2.95. The lowest BCUT2D eigenvalue weighted by atomic mass is 9.75. The summed E-state index contributed by atoms with van der Waals surface area (Å²) in [6, 6.07) is 0. The second-order valence-electron chi connectivity index (χ2n) is 5.28. The highest BCUT2D eigenvalue weighted by Crippen LogP contribution is 2.34. The van der Waals surface area contributed by atoms with Gasteiger partial charge in [-0.3, -0.25) is 4.79 Å². The van der Waals surface area contributed by atoms with Crippen molar-refractivity contribution in [1.29, 1.82) is 0 Å². The van der Waals surface area contributed by atoms with Gasteiger partial charge in [-0.1, -0.05) is 13.8 Å². The molecule has 1 atom stereocenters. The van der Waals surface area contributed by atoms with Crippen molar-refractivity contribution in [3.63, 3.8) is 0 Å². The van der Waals surface area contributed by atoms with Gasteiger partial charge in [0.2, 0.25) is 5.91 Å². The predicted octanol–water partition coefficient (Wildman–Crippen LogP) is 1.70. The zero-order valence-electron chi connectivity index (χ0n) is 11.2. The number of carbonyl (C=O) groups excluding carboxylic acids is 1. The molecule has 2 N–H and O–H groups in total. The van der Waals surface area contributed by atoms with Gasteiger partial charge in [0, 0.05) is 11.4 Å². The van der Waals surface area contributed by atoms with Crippen LogP contribution in [-0.4, -0.2) is 24.0 Å². The van der Waals surface area contributed by atoms with Crippen LogP contribution in [0.4, 0.5) is 0 Å². The molecule has 0 saturated carbocycles. The molecule has 0 aliphatic carbocycles. The van der Waals surface area contributed by atoms with E-state index in [0.717, 1.165) is 30.1 Å². The van der Waals surface area contributed by atoms with Gasteiger partial charge in [-0.15, -0.1) is 11.3 Å². The van der Waals surface area contributed by atoms with Crippen molar-refractivity contribution in [3.8, 4) is 0 Å². The summed E-state index contributed by atoms with van der Waals surface area (Å²) >= 11 is 1.60. The number of hydrogen-bond acceptors (Lipinski definition) is 4. The summed E-state index contributed by atoms with van der Waals surface area (Å²) in [4.78, 5) is 17.8. The number of aryl methyl sites for hydroxylation is 1. The summed E-state index contributed by atoms with van der Waals surface area (Å²) in [7, 11) is 0. The standard InChI is InChI=1S/C13H21N3OS/c1-9(2)13(4-5-14-7-13)12(17)15-6-11-10(3)16-8-18-11/h8-9,14H,4-7H2,1-3H3,(H,15,17). The van der Waals surface area contributed by atoms with Gasteiger partial charge in [0.15, 0.2) is 0 Å². The molecule has 4 nitrogen and oxygen atoms in total. The van der Waals surface area contributed by atoms with E-state index >= 15 is 0 Å². The van der Waals surface area contributed by atoms with Crippen molar-refractivity contribution in [2.24, 2.45) is 11.3 Å². The van der Waals surface area contributed by atoms with Gasteiger partial charge in [0.05, 0.1) is 23.2 Å². The van der Waals surface area contributed by atoms with Crippen LogP contribution >= 0.6 is 11.3 Å². The molecule has 1 aromatic rings. The molecule has 0 bridgehead atoms. The van der Waals surface area contributed by atoms with E-state index < -0.39 is 0 Å². The number of nitrogens with one attached hydrogen (secondary N) is 2. The molecule has 1 aromatic heterocycles. The van der Waals surface area contributed by atoms with Crippen LogP contribution in [0, 0.1) is 18.3 Å². The molecule has 1 saturated heterocycles. The molecule has 2 rings (SSSR count). The lowest BCUT2D eigenvalue weighted by Gasteiger charge is -2.31. The number of aromatic nitrogens is 1. The van der Waals surface area contributed by atoms with Crippen molar-refractivity contribution in [2.75, 3.05) is 13.1 Å². The topological polar surface area (TPSA) is 54.0 Å². The molecule has 1 fully saturated rings. The molecule has 100 valence electrons. The molecule has 0 radical (unpaired) electrons. The fraction of sp³-hybridized carbons (Fsp3) is 0.692. The maximum Gasteiger partial charge on any atom is 0.228 e. The Morgan fingerprint density at radius 3 is 2.94 bits per heavy atom. The van der Waals surface area contributed by atoms with Crippen LogP contribution in [0.2, 0.25) is 0 Å². The highest BCUT2D eigenvalue weighted by Gasteiger charge is 2.43. The minimum absolute atomic E-state index is 0.176. The Morgan fingerprint density at radius 2 is 2.44 bits per heavy atom. The number of thiazole rings is 1. The van der Waals surface area contributed by atoms with E-state index in [1.165, 1.54) is 0 Å². The fourth-order valence-electron chi connectivity index (χ4n) is 2.49. The largest absolute Gasteiger partial charge is 0.351 e. The number of rotatable bonds is 4. The molecular formula is C13H21N3OS. The summed E-state index contributed by atoms with van der Waals surface area (Å²) in [6.45, 7) is 8.57. The van der Waals surface area contributed by atoms with Crippen LogP contribution in [0.15, 0.2) is 5.51 Å². The maximum atomic E-state index is 12.4. The van der Waals surface area contributed by atoms with Gasteiger partial charge in [0.1, 0.15) is 0 Å². The van der Waals surface area contributed by atoms with E-state index in [1.54, 1.807) is 11.3 Å². The Balaban J connectivity index is 2.00. The molecule has 18 heavy (non-hydrogen) atoms. The van der Waals surface area contributed by atoms with Crippen molar-refractivity contribution >= 4 is 17.2 Å². The first-order chi connectivity index (χ1) is 8.56. The summed E-state index contributed by atoms with van der Waals surface area (Å²) in [5.41, 5.74) is 2.61. The van der Waals surface area contributed by atoms with Crippen LogP contribution in [0.5, 0.6) is 0 Å². The lowest BCUT2D eigenvalue weighted by Crippen LogP contribution is -2.45. The van der Waals surface area contributed by atoms with Gasteiger partial charge in [-0.25, -0.2) is 4.98 Å². The highest BCUT2D eigenvalue weighted by molar-refractivity contribution is 7.09. The Bertz CT molecular complexity index is 422. The van der Waals surface area contributed by atoms with Gasteiger partial charge in [-0.2, -0.15) is 0 Å². The second kappa shape index (κ2) is 5.36. The molecular weight excluding hydrogens is 246 g/mol. The number of amides is 1. The fourth-order valence-corrected chi connectivity index (χ4v) is 3.21. The third kappa shape index (κ3) is 2.42. The first-order valence-electron chi connectivity index (χ1n) is 6.44. The van der Waals surface area contributed by atoms with E-state index in [9.17, 15) is 4.79 Å². The van der Waals surface area contributed by atoms with E-state index in [4.69, 9.17) is 0 Å². The van der Waals surface area contributed by atoms with Crippen LogP contribution in [-0.2, 0) is 11.3 Å². The zero-order valence-corrected chi connectivity index (χ0v) is 12.1. The van der Waals surface area contributed by atoms with E-state index in [-0.39, 0.29) is 11.3 Å². The highest BCUT2D eigenvalue weighted by atomic mass is 32.1. The van der Waals surface area contributed by atoms with E-state index in [0.29, 0.717) is 12.5 Å². The summed E-state index contributed by atoms with van der Waals surface area (Å²) in [5.74, 6) is 0.533. The molecule has 1 aliphatic rings. The summed E-state index contributed by atoms with van der Waals surface area (Å²) in [5, 5.41) is 6.39. The predicted molar refractivity (Wildman–Crippen MR) is 73.5 cm³/mol. The molecule has 1 aliphatic heterocycles. The normalized spacial score (nSPS) is 23.6.